The molecule has 0 aliphatic carbocycles. The summed E-state index contributed by atoms with van der Waals surface area (Å²) in [5.74, 6) is 0.852. The summed E-state index contributed by atoms with van der Waals surface area (Å²) in [5.41, 5.74) is 2.24. The molecule has 8 heteroatoms. The number of ether oxygens (including phenoxy) is 2. The monoisotopic (exact) mass is 416 g/mol. The largest absolute Gasteiger partial charge is 0.486 e. The zero-order chi connectivity index (χ0) is 20.3. The Kier molecular flexibility index (Phi) is 6.01. The summed E-state index contributed by atoms with van der Waals surface area (Å²) in [6, 6.07) is 6.33. The summed E-state index contributed by atoms with van der Waals surface area (Å²) < 4.78 is 12.2. The van der Waals surface area contributed by atoms with Gasteiger partial charge in [0.15, 0.2) is 5.01 Å². The average molecular weight is 417 g/mol. The molecule has 0 atom stereocenters. The third-order valence-electron chi connectivity index (χ3n) is 5.63. The molecule has 1 spiro atoms. The van der Waals surface area contributed by atoms with E-state index < -0.39 is 0 Å². The third kappa shape index (κ3) is 4.38. The smallest absolute Gasteiger partial charge is 0.317 e. The van der Waals surface area contributed by atoms with Crippen LogP contribution in [-0.4, -0.2) is 47.4 Å². The van der Waals surface area contributed by atoms with Crippen molar-refractivity contribution in [1.29, 1.82) is 0 Å². The highest BCUT2D eigenvalue weighted by Gasteiger charge is 2.41. The Hall–Kier alpha value is -2.19. The quantitative estimate of drug-likeness (QED) is 0.808. The van der Waals surface area contributed by atoms with Crippen molar-refractivity contribution in [3.63, 3.8) is 0 Å². The van der Waals surface area contributed by atoms with E-state index in [2.05, 4.69) is 34.6 Å². The number of likely N-dealkylation sites (tertiary alicyclic amines) is 1. The molecule has 4 rings (SSSR count). The molecule has 2 aromatic rings. The number of nitrogens with one attached hydrogen (secondary N) is 1. The predicted molar refractivity (Wildman–Crippen MR) is 111 cm³/mol. The van der Waals surface area contributed by atoms with Crippen LogP contribution in [0.1, 0.15) is 47.3 Å². The van der Waals surface area contributed by atoms with Crippen molar-refractivity contribution in [1.82, 2.24) is 20.4 Å². The summed E-state index contributed by atoms with van der Waals surface area (Å²) in [4.78, 5) is 14.2. The Morgan fingerprint density at radius 2 is 2.17 bits per heavy atom. The summed E-state index contributed by atoms with van der Waals surface area (Å²) >= 11 is 1.56. The minimum atomic E-state index is -0.288. The number of carbonyl (C=O) groups excluding carboxylic acids is 1. The number of aromatic nitrogens is 2. The normalized spacial score (nSPS) is 17.8. The standard InChI is InChI=1S/C21H28N4O3S/c1-3-9-22-20(26)25-10-7-21(8-11-25)18-5-4-17(13-16(18)6-12-28-21)27-14-19-24-23-15(2)29-19/h4-5,13H,3,6-12,14H2,1-2H3,(H,22,26). The zero-order valence-corrected chi connectivity index (χ0v) is 17.9. The molecule has 156 valence electrons. The van der Waals surface area contributed by atoms with Gasteiger partial charge < -0.3 is 19.7 Å². The van der Waals surface area contributed by atoms with E-state index >= 15 is 0 Å². The molecule has 2 aliphatic rings. The lowest BCUT2D eigenvalue weighted by Gasteiger charge is -2.45. The predicted octanol–water partition coefficient (Wildman–Crippen LogP) is 3.41. The number of urea groups is 1. The number of carbonyl (C=O) groups is 1. The van der Waals surface area contributed by atoms with Crippen LogP contribution < -0.4 is 10.1 Å². The van der Waals surface area contributed by atoms with Crippen molar-refractivity contribution in [3.8, 4) is 5.75 Å². The topological polar surface area (TPSA) is 76.6 Å². The molecule has 2 amide bonds. The van der Waals surface area contributed by atoms with E-state index in [1.54, 1.807) is 11.3 Å². The lowest BCUT2D eigenvalue weighted by molar-refractivity contribution is -0.0926. The number of benzene rings is 1. The van der Waals surface area contributed by atoms with Gasteiger partial charge in [-0.3, -0.25) is 0 Å². The van der Waals surface area contributed by atoms with Crippen LogP contribution in [0.3, 0.4) is 0 Å². The molecule has 0 unspecified atom stereocenters. The van der Waals surface area contributed by atoms with Crippen LogP contribution in [0.5, 0.6) is 5.75 Å². The van der Waals surface area contributed by atoms with Gasteiger partial charge in [-0.15, -0.1) is 10.2 Å². The first-order chi connectivity index (χ1) is 14.1. The van der Waals surface area contributed by atoms with Gasteiger partial charge >= 0.3 is 6.03 Å². The minimum Gasteiger partial charge on any atom is -0.486 e. The number of hydrogen-bond donors (Lipinski definition) is 1. The molecule has 0 saturated carbocycles. The van der Waals surface area contributed by atoms with E-state index in [1.165, 1.54) is 11.1 Å². The average Bonchev–Trinajstić information content (AvgIpc) is 3.16. The molecule has 0 bridgehead atoms. The van der Waals surface area contributed by atoms with Crippen molar-refractivity contribution in [2.45, 2.75) is 51.7 Å². The second-order valence-corrected chi connectivity index (χ2v) is 8.90. The fraction of sp³-hybridized carbons (Fsp3) is 0.571. The number of rotatable bonds is 5. The number of amides is 2. The van der Waals surface area contributed by atoms with E-state index in [-0.39, 0.29) is 11.6 Å². The van der Waals surface area contributed by atoms with Gasteiger partial charge in [-0.25, -0.2) is 4.79 Å². The van der Waals surface area contributed by atoms with Crippen molar-refractivity contribution >= 4 is 17.4 Å². The Bertz CT molecular complexity index is 861. The van der Waals surface area contributed by atoms with Crippen molar-refractivity contribution in [2.75, 3.05) is 26.2 Å². The van der Waals surface area contributed by atoms with E-state index in [1.807, 2.05) is 17.9 Å². The Morgan fingerprint density at radius 3 is 2.90 bits per heavy atom. The summed E-state index contributed by atoms with van der Waals surface area (Å²) in [6.07, 6.45) is 3.48. The van der Waals surface area contributed by atoms with Gasteiger partial charge in [0.2, 0.25) is 0 Å². The lowest BCUT2D eigenvalue weighted by atomic mass is 9.79. The number of aryl methyl sites for hydroxylation is 1. The van der Waals surface area contributed by atoms with Crippen LogP contribution in [0.2, 0.25) is 0 Å². The molecular weight excluding hydrogens is 388 g/mol. The van der Waals surface area contributed by atoms with Crippen LogP contribution in [-0.2, 0) is 23.4 Å². The van der Waals surface area contributed by atoms with E-state index in [0.29, 0.717) is 26.3 Å². The minimum absolute atomic E-state index is 0.0355. The van der Waals surface area contributed by atoms with Gasteiger partial charge in [0.05, 0.1) is 12.2 Å². The van der Waals surface area contributed by atoms with Crippen molar-refractivity contribution in [2.24, 2.45) is 0 Å². The molecule has 2 aliphatic heterocycles. The first-order valence-corrected chi connectivity index (χ1v) is 11.1. The fourth-order valence-electron chi connectivity index (χ4n) is 4.11. The Balaban J connectivity index is 1.42. The second kappa shape index (κ2) is 8.67. The number of piperidine rings is 1. The van der Waals surface area contributed by atoms with Crippen LogP contribution in [0, 0.1) is 6.92 Å². The molecular formula is C21H28N4O3S. The highest BCUT2D eigenvalue weighted by Crippen LogP contribution is 2.42. The summed E-state index contributed by atoms with van der Waals surface area (Å²) in [5, 5.41) is 12.9. The molecule has 1 saturated heterocycles. The summed E-state index contributed by atoms with van der Waals surface area (Å²) in [7, 11) is 0. The third-order valence-corrected chi connectivity index (χ3v) is 6.44. The SMILES string of the molecule is CCCNC(=O)N1CCC2(CC1)OCCc1cc(OCc3nnc(C)s3)ccc12. The van der Waals surface area contributed by atoms with Gasteiger partial charge in [0.1, 0.15) is 17.4 Å². The van der Waals surface area contributed by atoms with Gasteiger partial charge in [0.25, 0.3) is 0 Å². The maximum absolute atomic E-state index is 12.3. The molecule has 1 N–H and O–H groups in total. The van der Waals surface area contributed by atoms with E-state index in [9.17, 15) is 4.79 Å². The molecule has 7 nitrogen and oxygen atoms in total. The first-order valence-electron chi connectivity index (χ1n) is 10.3. The van der Waals surface area contributed by atoms with Gasteiger partial charge in [0, 0.05) is 19.6 Å². The maximum Gasteiger partial charge on any atom is 0.317 e. The fourth-order valence-corrected chi connectivity index (χ4v) is 4.74. The lowest BCUT2D eigenvalue weighted by Crippen LogP contribution is -2.51. The first kappa shape index (κ1) is 20.1. The molecule has 1 aromatic heterocycles. The van der Waals surface area contributed by atoms with Crippen LogP contribution in [0.4, 0.5) is 4.79 Å². The van der Waals surface area contributed by atoms with Crippen molar-refractivity contribution in [3.05, 3.63) is 39.3 Å². The Labute approximate surface area is 175 Å². The van der Waals surface area contributed by atoms with E-state index in [0.717, 1.165) is 48.0 Å². The highest BCUT2D eigenvalue weighted by atomic mass is 32.1. The van der Waals surface area contributed by atoms with Gasteiger partial charge in [-0.1, -0.05) is 24.3 Å². The number of hydrogen-bond acceptors (Lipinski definition) is 6. The second-order valence-electron chi connectivity index (χ2n) is 7.63. The molecule has 1 aromatic carbocycles. The van der Waals surface area contributed by atoms with Crippen molar-refractivity contribution < 1.29 is 14.3 Å². The maximum atomic E-state index is 12.3. The number of fused-ring (bicyclic) bond motifs is 2. The van der Waals surface area contributed by atoms with Crippen LogP contribution in [0.15, 0.2) is 18.2 Å². The zero-order valence-electron chi connectivity index (χ0n) is 17.1. The summed E-state index contributed by atoms with van der Waals surface area (Å²) in [6.45, 7) is 7.29. The molecule has 1 fully saturated rings. The molecule has 3 heterocycles. The highest BCUT2D eigenvalue weighted by molar-refractivity contribution is 7.11. The van der Waals surface area contributed by atoms with E-state index in [4.69, 9.17) is 9.47 Å². The number of nitrogens with zero attached hydrogens (tertiary/aromatic N) is 3. The molecule has 29 heavy (non-hydrogen) atoms. The van der Waals surface area contributed by atoms with Crippen LogP contribution >= 0.6 is 11.3 Å². The van der Waals surface area contributed by atoms with Gasteiger partial charge in [-0.2, -0.15) is 0 Å². The Morgan fingerprint density at radius 1 is 1.34 bits per heavy atom. The molecule has 0 radical (unpaired) electrons. The van der Waals surface area contributed by atoms with Gasteiger partial charge in [-0.05, 0) is 55.9 Å². The van der Waals surface area contributed by atoms with Crippen LogP contribution in [0.25, 0.3) is 0 Å².